The molecule has 0 aromatic heterocycles. The van der Waals surface area contributed by atoms with Crippen molar-refractivity contribution in [3.63, 3.8) is 0 Å². The molecule has 2 rings (SSSR count). The van der Waals surface area contributed by atoms with Crippen molar-refractivity contribution >= 4 is 21.8 Å². The highest BCUT2D eigenvalue weighted by Gasteiger charge is 2.16. The summed E-state index contributed by atoms with van der Waals surface area (Å²) in [5.41, 5.74) is 2.13. The lowest BCUT2D eigenvalue weighted by Crippen LogP contribution is -2.42. The van der Waals surface area contributed by atoms with Crippen LogP contribution in [0, 0.1) is 0 Å². The average Bonchev–Trinajstić information content (AvgIpc) is 2.69. The fourth-order valence-corrected chi connectivity index (χ4v) is 3.50. The summed E-state index contributed by atoms with van der Waals surface area (Å²) in [5, 5.41) is 3.08. The fraction of sp³-hybridized carbons (Fsp3) is 0.435. The minimum atomic E-state index is -0.0165. The molecule has 2 aromatic rings. The van der Waals surface area contributed by atoms with E-state index >= 15 is 0 Å². The van der Waals surface area contributed by atoms with Gasteiger partial charge in [-0.05, 0) is 57.6 Å². The zero-order valence-corrected chi connectivity index (χ0v) is 19.3. The molecule has 0 spiro atoms. The Hall–Kier alpha value is -2.05. The number of benzene rings is 2. The van der Waals surface area contributed by atoms with E-state index in [0.29, 0.717) is 31.3 Å². The maximum Gasteiger partial charge on any atom is 0.224 e. The Labute approximate surface area is 182 Å². The van der Waals surface area contributed by atoms with Gasteiger partial charge in [0.2, 0.25) is 5.91 Å². The molecule has 0 saturated carbocycles. The zero-order chi connectivity index (χ0) is 21.2. The average molecular weight is 463 g/mol. The van der Waals surface area contributed by atoms with Gasteiger partial charge in [-0.2, -0.15) is 0 Å². The van der Waals surface area contributed by atoms with E-state index in [2.05, 4.69) is 38.3 Å². The van der Waals surface area contributed by atoms with Gasteiger partial charge in [-0.15, -0.1) is 0 Å². The lowest BCUT2D eigenvalue weighted by molar-refractivity contribution is -0.120. The first-order valence-corrected chi connectivity index (χ1v) is 10.8. The number of carbonyl (C=O) groups excluding carboxylic acids is 1. The van der Waals surface area contributed by atoms with Crippen LogP contribution in [0.25, 0.3) is 0 Å². The summed E-state index contributed by atoms with van der Waals surface area (Å²) in [5.74, 6) is 1.33. The first-order chi connectivity index (χ1) is 13.9. The van der Waals surface area contributed by atoms with E-state index in [1.54, 1.807) is 0 Å². The molecule has 0 heterocycles. The van der Waals surface area contributed by atoms with Crippen LogP contribution >= 0.6 is 15.9 Å². The maximum atomic E-state index is 12.6. The van der Waals surface area contributed by atoms with Gasteiger partial charge in [0.25, 0.3) is 0 Å². The third-order valence-electron chi connectivity index (χ3n) is 4.64. The molecule has 0 fully saturated rings. The fourth-order valence-electron chi connectivity index (χ4n) is 3.04. The van der Waals surface area contributed by atoms with Crippen molar-refractivity contribution in [2.75, 3.05) is 33.9 Å². The molecule has 29 heavy (non-hydrogen) atoms. The molecule has 1 unspecified atom stereocenters. The number of likely N-dealkylation sites (N-methyl/N-ethyl adjacent to an activating group) is 1. The van der Waals surface area contributed by atoms with Crippen molar-refractivity contribution in [1.29, 1.82) is 0 Å². The Bertz CT molecular complexity index is 781. The third-order valence-corrected chi connectivity index (χ3v) is 5.38. The van der Waals surface area contributed by atoms with Crippen LogP contribution in [0.5, 0.6) is 11.5 Å². The van der Waals surface area contributed by atoms with Gasteiger partial charge in [-0.1, -0.05) is 46.3 Å². The summed E-state index contributed by atoms with van der Waals surface area (Å²) >= 11 is 3.55. The topological polar surface area (TPSA) is 50.8 Å². The summed E-state index contributed by atoms with van der Waals surface area (Å²) in [6.07, 6.45) is 1.16. The molecular weight excluding hydrogens is 432 g/mol. The second kappa shape index (κ2) is 11.8. The summed E-state index contributed by atoms with van der Waals surface area (Å²) < 4.78 is 12.2. The number of hydrogen-bond donors (Lipinski definition) is 1. The molecule has 5 nitrogen and oxygen atoms in total. The highest BCUT2D eigenvalue weighted by molar-refractivity contribution is 9.10. The van der Waals surface area contributed by atoms with Gasteiger partial charge in [-0.25, -0.2) is 0 Å². The summed E-state index contributed by atoms with van der Waals surface area (Å²) in [6, 6.07) is 14.3. The highest BCUT2D eigenvalue weighted by Crippen LogP contribution is 2.34. The van der Waals surface area contributed by atoms with E-state index in [0.717, 1.165) is 16.5 Å². The Morgan fingerprint density at radius 3 is 2.28 bits per heavy atom. The number of nitrogens with zero attached hydrogens (tertiary/aromatic N) is 1. The van der Waals surface area contributed by atoms with Crippen molar-refractivity contribution in [3.05, 3.63) is 58.1 Å². The Kier molecular flexibility index (Phi) is 9.48. The number of carbonyl (C=O) groups is 1. The zero-order valence-electron chi connectivity index (χ0n) is 17.7. The van der Waals surface area contributed by atoms with Gasteiger partial charge in [0.1, 0.15) is 0 Å². The lowest BCUT2D eigenvalue weighted by atomic mass is 10.0. The molecule has 0 bridgehead atoms. The Balaban J connectivity index is 2.00. The second-order valence-electron chi connectivity index (χ2n) is 7.04. The monoisotopic (exact) mass is 462 g/mol. The predicted octanol–water partition coefficient (Wildman–Crippen LogP) is 4.08. The molecule has 0 aliphatic heterocycles. The predicted molar refractivity (Wildman–Crippen MR) is 121 cm³/mol. The first kappa shape index (κ1) is 23.2. The van der Waals surface area contributed by atoms with Crippen LogP contribution in [-0.4, -0.2) is 50.7 Å². The Morgan fingerprint density at radius 1 is 1.07 bits per heavy atom. The molecule has 0 radical (unpaired) electrons. The van der Waals surface area contributed by atoms with Gasteiger partial charge in [0.15, 0.2) is 11.5 Å². The van der Waals surface area contributed by atoms with Crippen LogP contribution in [0.15, 0.2) is 46.9 Å². The van der Waals surface area contributed by atoms with Gasteiger partial charge < -0.3 is 19.7 Å². The van der Waals surface area contributed by atoms with Crippen molar-refractivity contribution < 1.29 is 14.3 Å². The smallest absolute Gasteiger partial charge is 0.224 e. The van der Waals surface area contributed by atoms with Gasteiger partial charge >= 0.3 is 0 Å². The number of nitrogens with one attached hydrogen (secondary N) is 1. The highest BCUT2D eigenvalue weighted by atomic mass is 79.9. The van der Waals surface area contributed by atoms with Crippen LogP contribution in [0.1, 0.15) is 25.0 Å². The van der Waals surface area contributed by atoms with Crippen LogP contribution in [0.3, 0.4) is 0 Å². The minimum Gasteiger partial charge on any atom is -0.490 e. The molecule has 2 aromatic carbocycles. The Morgan fingerprint density at radius 2 is 1.69 bits per heavy atom. The van der Waals surface area contributed by atoms with E-state index in [1.807, 2.05) is 58.3 Å². The van der Waals surface area contributed by atoms with Crippen molar-refractivity contribution in [2.24, 2.45) is 0 Å². The number of amides is 1. The van der Waals surface area contributed by atoms with E-state index in [1.165, 1.54) is 5.56 Å². The molecule has 1 atom stereocenters. The molecule has 0 saturated heterocycles. The van der Waals surface area contributed by atoms with E-state index < -0.39 is 0 Å². The van der Waals surface area contributed by atoms with Crippen molar-refractivity contribution in [3.8, 4) is 11.5 Å². The maximum absolute atomic E-state index is 12.6. The van der Waals surface area contributed by atoms with E-state index in [4.69, 9.17) is 9.47 Å². The van der Waals surface area contributed by atoms with Crippen LogP contribution < -0.4 is 14.8 Å². The lowest BCUT2D eigenvalue weighted by Gasteiger charge is -2.25. The quantitative estimate of drug-likeness (QED) is 0.546. The summed E-state index contributed by atoms with van der Waals surface area (Å²) in [6.45, 7) is 5.55. The van der Waals surface area contributed by atoms with Gasteiger partial charge in [0.05, 0.1) is 19.6 Å². The molecule has 6 heteroatoms. The van der Waals surface area contributed by atoms with Gasteiger partial charge in [-0.3, -0.25) is 4.79 Å². The van der Waals surface area contributed by atoms with Crippen LogP contribution in [-0.2, 0) is 17.6 Å². The molecule has 158 valence electrons. The summed E-state index contributed by atoms with van der Waals surface area (Å²) in [7, 11) is 4.08. The third kappa shape index (κ3) is 7.37. The first-order valence-electron chi connectivity index (χ1n) is 9.99. The molecule has 1 amide bonds. The molecular formula is C23H31BrN2O3. The second-order valence-corrected chi connectivity index (χ2v) is 7.90. The number of halogens is 1. The number of rotatable bonds is 11. The van der Waals surface area contributed by atoms with Gasteiger partial charge in [0, 0.05) is 17.1 Å². The molecule has 1 N–H and O–H groups in total. The number of hydrogen-bond acceptors (Lipinski definition) is 4. The number of ether oxygens (including phenoxy) is 2. The largest absolute Gasteiger partial charge is 0.490 e. The van der Waals surface area contributed by atoms with E-state index in [9.17, 15) is 4.79 Å². The van der Waals surface area contributed by atoms with Crippen molar-refractivity contribution in [1.82, 2.24) is 10.2 Å². The molecule has 0 aliphatic rings. The minimum absolute atomic E-state index is 0.0165. The SMILES string of the molecule is CCOc1cc(Br)c(CC(=O)NCC(Cc2ccccc2)N(C)C)cc1OCC. The van der Waals surface area contributed by atoms with Crippen LogP contribution in [0.4, 0.5) is 0 Å². The standard InChI is InChI=1S/C23H31BrN2O3/c1-5-28-21-13-18(20(24)15-22(21)29-6-2)14-23(27)25-16-19(26(3)4)12-17-10-8-7-9-11-17/h7-11,13,15,19H,5-6,12,14,16H2,1-4H3,(H,25,27). The van der Waals surface area contributed by atoms with Crippen molar-refractivity contribution in [2.45, 2.75) is 32.7 Å². The summed E-state index contributed by atoms with van der Waals surface area (Å²) in [4.78, 5) is 14.7. The van der Waals surface area contributed by atoms with Crippen LogP contribution in [0.2, 0.25) is 0 Å². The van der Waals surface area contributed by atoms with E-state index in [-0.39, 0.29) is 18.4 Å². The molecule has 0 aliphatic carbocycles. The normalized spacial score (nSPS) is 11.9.